The number of thioether (sulfide) groups is 1. The highest BCUT2D eigenvalue weighted by Gasteiger charge is 2.34. The first-order valence-corrected chi connectivity index (χ1v) is 14.9. The van der Waals surface area contributed by atoms with Gasteiger partial charge in [0.1, 0.15) is 21.8 Å². The van der Waals surface area contributed by atoms with Crippen molar-refractivity contribution in [1.29, 1.82) is 5.26 Å². The summed E-state index contributed by atoms with van der Waals surface area (Å²) in [5.74, 6) is -0.0578. The summed E-state index contributed by atoms with van der Waals surface area (Å²) in [4.78, 5) is 43.4. The molecule has 1 aromatic rings. The van der Waals surface area contributed by atoms with Crippen molar-refractivity contribution in [3.05, 3.63) is 31.9 Å². The predicted octanol–water partition coefficient (Wildman–Crippen LogP) is 5.00. The number of pyridine rings is 1. The maximum atomic E-state index is 13.4. The standard InChI is InChI=1S/C28H38N4O4S2/c1-5-8-9-10-11-15-32-26(34)23(38-28(32)37)16-21-19(4)22(17-29)25(33)31(6-2)24(21)30-14-12-13-20(18-30)27(35)36-7-3/h16,20H,5-15,18H2,1-4H3/b23-16-. The van der Waals surface area contributed by atoms with E-state index in [1.165, 1.54) is 18.2 Å². The van der Waals surface area contributed by atoms with Crippen LogP contribution in [0.15, 0.2) is 9.70 Å². The highest BCUT2D eigenvalue weighted by Crippen LogP contribution is 2.37. The van der Waals surface area contributed by atoms with Crippen molar-refractivity contribution in [1.82, 2.24) is 9.47 Å². The van der Waals surface area contributed by atoms with Crippen LogP contribution in [0.5, 0.6) is 0 Å². The molecule has 1 aromatic heterocycles. The number of amides is 1. The summed E-state index contributed by atoms with van der Waals surface area (Å²) in [6.07, 6.45) is 8.69. The smallest absolute Gasteiger partial charge is 0.310 e. The number of hydrogen-bond donors (Lipinski definition) is 0. The summed E-state index contributed by atoms with van der Waals surface area (Å²) < 4.78 is 7.39. The molecule has 0 radical (unpaired) electrons. The highest BCUT2D eigenvalue weighted by molar-refractivity contribution is 8.26. The van der Waals surface area contributed by atoms with Crippen molar-refractivity contribution < 1.29 is 14.3 Å². The van der Waals surface area contributed by atoms with E-state index in [2.05, 4.69) is 13.0 Å². The summed E-state index contributed by atoms with van der Waals surface area (Å²) in [5.41, 5.74) is 0.876. The normalized spacial score (nSPS) is 18.8. The van der Waals surface area contributed by atoms with Gasteiger partial charge in [-0.3, -0.25) is 23.9 Å². The second kappa shape index (κ2) is 13.9. The fraction of sp³-hybridized carbons (Fsp3) is 0.607. The van der Waals surface area contributed by atoms with E-state index in [-0.39, 0.29) is 28.9 Å². The Labute approximate surface area is 235 Å². The fourth-order valence-corrected chi connectivity index (χ4v) is 6.39. The van der Waals surface area contributed by atoms with Gasteiger partial charge in [-0.05, 0) is 51.7 Å². The summed E-state index contributed by atoms with van der Waals surface area (Å²) in [6, 6.07) is 2.07. The average molecular weight is 559 g/mol. The predicted molar refractivity (Wildman–Crippen MR) is 156 cm³/mol. The van der Waals surface area contributed by atoms with Crippen molar-refractivity contribution in [3.63, 3.8) is 0 Å². The molecule has 8 nitrogen and oxygen atoms in total. The first kappa shape index (κ1) is 29.9. The zero-order valence-corrected chi connectivity index (χ0v) is 24.5. The second-order valence-electron chi connectivity index (χ2n) is 9.68. The number of anilines is 1. The number of carbonyl (C=O) groups is 2. The zero-order chi connectivity index (χ0) is 27.8. The van der Waals surface area contributed by atoms with Crippen molar-refractivity contribution in [3.8, 4) is 6.07 Å². The van der Waals surface area contributed by atoms with Crippen LogP contribution >= 0.6 is 24.0 Å². The number of piperidine rings is 1. The molecule has 0 saturated carbocycles. The SMILES string of the molecule is CCCCCCCN1C(=O)/C(=C/c2c(C)c(C#N)c(=O)n(CC)c2N2CCCC(C(=O)OCC)C2)SC1=S. The number of thiocarbonyl (C=S) groups is 1. The molecule has 2 fully saturated rings. The van der Waals surface area contributed by atoms with Gasteiger partial charge in [-0.1, -0.05) is 56.6 Å². The Morgan fingerprint density at radius 2 is 1.95 bits per heavy atom. The molecular weight excluding hydrogens is 520 g/mol. The van der Waals surface area contributed by atoms with E-state index in [1.54, 1.807) is 29.4 Å². The van der Waals surface area contributed by atoms with E-state index in [1.807, 2.05) is 11.8 Å². The number of hydrogen-bond acceptors (Lipinski definition) is 8. The summed E-state index contributed by atoms with van der Waals surface area (Å²) >= 11 is 6.81. The number of carbonyl (C=O) groups excluding carboxylic acids is 2. The van der Waals surface area contributed by atoms with Gasteiger partial charge < -0.3 is 9.64 Å². The molecule has 0 aromatic carbocycles. The van der Waals surface area contributed by atoms with E-state index in [0.29, 0.717) is 65.4 Å². The lowest BCUT2D eigenvalue weighted by atomic mass is 9.96. The number of unbranched alkanes of at least 4 members (excludes halogenated alkanes) is 4. The van der Waals surface area contributed by atoms with E-state index < -0.39 is 0 Å². The van der Waals surface area contributed by atoms with Gasteiger partial charge in [0.15, 0.2) is 0 Å². The molecule has 0 aliphatic carbocycles. The molecule has 0 bridgehead atoms. The molecule has 2 aliphatic heterocycles. The van der Waals surface area contributed by atoms with Crippen LogP contribution in [0.3, 0.4) is 0 Å². The van der Waals surface area contributed by atoms with E-state index >= 15 is 0 Å². The monoisotopic (exact) mass is 558 g/mol. The third-order valence-corrected chi connectivity index (χ3v) is 8.52. The van der Waals surface area contributed by atoms with Crippen LogP contribution in [-0.4, -0.2) is 51.9 Å². The number of esters is 1. The quantitative estimate of drug-likeness (QED) is 0.162. The molecule has 0 spiro atoms. The third-order valence-electron chi connectivity index (χ3n) is 7.14. The van der Waals surface area contributed by atoms with Gasteiger partial charge >= 0.3 is 5.97 Å². The van der Waals surface area contributed by atoms with Crippen LogP contribution in [0, 0.1) is 24.2 Å². The summed E-state index contributed by atoms with van der Waals surface area (Å²) in [6.45, 7) is 9.87. The Bertz CT molecular complexity index is 1200. The maximum absolute atomic E-state index is 13.4. The molecular formula is C28H38N4O4S2. The topological polar surface area (TPSA) is 95.6 Å². The number of ether oxygens (including phenoxy) is 1. The van der Waals surface area contributed by atoms with Gasteiger partial charge in [0, 0.05) is 31.7 Å². The Kier molecular flexibility index (Phi) is 11.0. The van der Waals surface area contributed by atoms with E-state index in [9.17, 15) is 19.6 Å². The van der Waals surface area contributed by atoms with Crippen LogP contribution in [0.2, 0.25) is 0 Å². The Hall–Kier alpha value is -2.64. The number of nitriles is 1. The van der Waals surface area contributed by atoms with Crippen molar-refractivity contribution >= 4 is 52.1 Å². The lowest BCUT2D eigenvalue weighted by Crippen LogP contribution is -2.43. The van der Waals surface area contributed by atoms with Crippen LogP contribution in [0.1, 0.15) is 82.4 Å². The van der Waals surface area contributed by atoms with Gasteiger partial charge in [0.25, 0.3) is 11.5 Å². The minimum atomic E-state index is -0.363. The maximum Gasteiger partial charge on any atom is 0.310 e. The molecule has 10 heteroatoms. The third kappa shape index (κ3) is 6.49. The minimum absolute atomic E-state index is 0.0622. The van der Waals surface area contributed by atoms with Gasteiger partial charge in [0.2, 0.25) is 0 Å². The zero-order valence-electron chi connectivity index (χ0n) is 22.9. The lowest BCUT2D eigenvalue weighted by Gasteiger charge is -2.36. The number of aromatic nitrogens is 1. The highest BCUT2D eigenvalue weighted by atomic mass is 32.2. The van der Waals surface area contributed by atoms with Gasteiger partial charge in [-0.15, -0.1) is 0 Å². The molecule has 1 atom stereocenters. The molecule has 3 heterocycles. The Morgan fingerprint density at radius 3 is 2.61 bits per heavy atom. The lowest BCUT2D eigenvalue weighted by molar-refractivity contribution is -0.148. The van der Waals surface area contributed by atoms with Crippen LogP contribution in [-0.2, 0) is 20.9 Å². The molecule has 206 valence electrons. The van der Waals surface area contributed by atoms with Crippen molar-refractivity contribution in [2.45, 2.75) is 79.2 Å². The minimum Gasteiger partial charge on any atom is -0.466 e. The first-order chi connectivity index (χ1) is 18.3. The molecule has 38 heavy (non-hydrogen) atoms. The first-order valence-electron chi connectivity index (χ1n) is 13.6. The molecule has 2 aliphatic rings. The van der Waals surface area contributed by atoms with E-state index in [0.717, 1.165) is 32.1 Å². The molecule has 3 rings (SSSR count). The molecule has 0 N–H and O–H groups in total. The van der Waals surface area contributed by atoms with Crippen molar-refractivity contribution in [2.24, 2.45) is 5.92 Å². The fourth-order valence-electron chi connectivity index (χ4n) is 5.10. The summed E-state index contributed by atoms with van der Waals surface area (Å²) in [7, 11) is 0. The molecule has 1 amide bonds. The molecule has 2 saturated heterocycles. The average Bonchev–Trinajstić information content (AvgIpc) is 3.17. The van der Waals surface area contributed by atoms with Gasteiger partial charge in [-0.25, -0.2) is 0 Å². The van der Waals surface area contributed by atoms with Crippen molar-refractivity contribution in [2.75, 3.05) is 31.1 Å². The van der Waals surface area contributed by atoms with Crippen LogP contribution in [0.25, 0.3) is 6.08 Å². The summed E-state index contributed by atoms with van der Waals surface area (Å²) in [5, 5.41) is 9.81. The van der Waals surface area contributed by atoms with Gasteiger partial charge in [0.05, 0.1) is 17.4 Å². The van der Waals surface area contributed by atoms with Gasteiger partial charge in [-0.2, -0.15) is 5.26 Å². The Morgan fingerprint density at radius 1 is 1.21 bits per heavy atom. The molecule has 1 unspecified atom stereocenters. The number of nitrogens with zero attached hydrogens (tertiary/aromatic N) is 4. The largest absolute Gasteiger partial charge is 0.466 e. The second-order valence-corrected chi connectivity index (χ2v) is 11.4. The Balaban J connectivity index is 2.02. The number of rotatable bonds is 11. The van der Waals surface area contributed by atoms with Crippen LogP contribution in [0.4, 0.5) is 5.82 Å². The van der Waals surface area contributed by atoms with Crippen LogP contribution < -0.4 is 10.5 Å². The van der Waals surface area contributed by atoms with E-state index in [4.69, 9.17) is 17.0 Å².